The van der Waals surface area contributed by atoms with Crippen LogP contribution in [0, 0.1) is 5.92 Å². The van der Waals surface area contributed by atoms with E-state index in [4.69, 9.17) is 4.74 Å². The number of hydrogen-bond acceptors (Lipinski definition) is 5. The Bertz CT molecular complexity index is 564. The summed E-state index contributed by atoms with van der Waals surface area (Å²) in [4.78, 5) is 7.52. The summed E-state index contributed by atoms with van der Waals surface area (Å²) >= 11 is 0. The third kappa shape index (κ3) is 2.46. The Morgan fingerprint density at radius 1 is 1.13 bits per heavy atom. The van der Waals surface area contributed by atoms with E-state index in [1.54, 1.807) is 0 Å². The molecule has 5 nitrogen and oxygen atoms in total. The number of nitrogens with zero attached hydrogens (tertiary/aromatic N) is 3. The fourth-order valence-electron chi connectivity index (χ4n) is 4.74. The SMILES string of the molecule is C1=CN([C@@H]2C[C@H]3CCN(C3)C2)C=C2OCC(N3CCNCC3)=C12. The largest absolute Gasteiger partial charge is 0.485 e. The number of nitrogens with one attached hydrogen (secondary N) is 1. The number of ether oxygens (including phenoxy) is 1. The van der Waals surface area contributed by atoms with Crippen molar-refractivity contribution in [1.29, 1.82) is 0 Å². The van der Waals surface area contributed by atoms with Gasteiger partial charge in [-0.25, -0.2) is 0 Å². The van der Waals surface area contributed by atoms with E-state index in [2.05, 4.69) is 38.5 Å². The highest BCUT2D eigenvalue weighted by molar-refractivity contribution is 5.46. The number of piperidine rings is 1. The molecule has 0 spiro atoms. The number of fused-ring (bicyclic) bond motifs is 3. The van der Waals surface area contributed by atoms with E-state index in [0.717, 1.165) is 44.5 Å². The maximum absolute atomic E-state index is 6.03. The van der Waals surface area contributed by atoms with Crippen LogP contribution in [0.1, 0.15) is 12.8 Å². The number of rotatable bonds is 2. The van der Waals surface area contributed by atoms with E-state index in [1.165, 1.54) is 43.7 Å². The maximum atomic E-state index is 6.03. The van der Waals surface area contributed by atoms with Crippen LogP contribution < -0.4 is 5.32 Å². The van der Waals surface area contributed by atoms with Crippen LogP contribution in [0.4, 0.5) is 0 Å². The standard InChI is InChI=1S/C18H26N4O/c1-5-20-10-14(1)9-15(11-20)22-6-2-16-17(13-23-18(16)12-22)21-7-3-19-4-8-21/h2,6,12,14-15,19H,1,3-5,7-11,13H2/t14-,15-/m1/s1. The van der Waals surface area contributed by atoms with Crippen molar-refractivity contribution < 1.29 is 4.74 Å². The molecule has 5 heterocycles. The zero-order valence-corrected chi connectivity index (χ0v) is 13.7. The highest BCUT2D eigenvalue weighted by Gasteiger charge is 2.35. The molecule has 0 saturated carbocycles. The van der Waals surface area contributed by atoms with Crippen molar-refractivity contribution in [3.05, 3.63) is 35.5 Å². The molecule has 0 radical (unpaired) electrons. The van der Waals surface area contributed by atoms with Gasteiger partial charge in [0, 0.05) is 63.3 Å². The van der Waals surface area contributed by atoms with E-state index in [9.17, 15) is 0 Å². The lowest BCUT2D eigenvalue weighted by molar-refractivity contribution is 0.165. The van der Waals surface area contributed by atoms with Crippen LogP contribution in [0.15, 0.2) is 35.5 Å². The van der Waals surface area contributed by atoms with Crippen LogP contribution in [-0.4, -0.2) is 73.2 Å². The Hall–Kier alpha value is -1.46. The van der Waals surface area contributed by atoms with E-state index >= 15 is 0 Å². The van der Waals surface area contributed by atoms with Gasteiger partial charge >= 0.3 is 0 Å². The highest BCUT2D eigenvalue weighted by atomic mass is 16.5. The summed E-state index contributed by atoms with van der Waals surface area (Å²) in [6.07, 6.45) is 9.53. The smallest absolute Gasteiger partial charge is 0.145 e. The summed E-state index contributed by atoms with van der Waals surface area (Å²) < 4.78 is 6.03. The van der Waals surface area contributed by atoms with Gasteiger partial charge in [-0.05, 0) is 31.4 Å². The van der Waals surface area contributed by atoms with E-state index in [1.807, 2.05) is 0 Å². The first-order chi connectivity index (χ1) is 11.4. The molecule has 1 N–H and O–H groups in total. The monoisotopic (exact) mass is 314 g/mol. The van der Waals surface area contributed by atoms with Gasteiger partial charge in [0.15, 0.2) is 0 Å². The second-order valence-electron chi connectivity index (χ2n) is 7.45. The van der Waals surface area contributed by atoms with Gasteiger partial charge in [0.25, 0.3) is 0 Å². The predicted molar refractivity (Wildman–Crippen MR) is 89.4 cm³/mol. The number of piperazine rings is 1. The summed E-state index contributed by atoms with van der Waals surface area (Å²) in [5.41, 5.74) is 2.68. The van der Waals surface area contributed by atoms with Crippen molar-refractivity contribution in [2.45, 2.75) is 18.9 Å². The van der Waals surface area contributed by atoms with Crippen molar-refractivity contribution in [2.24, 2.45) is 5.92 Å². The van der Waals surface area contributed by atoms with Crippen molar-refractivity contribution in [3.63, 3.8) is 0 Å². The number of hydrogen-bond donors (Lipinski definition) is 1. The molecule has 0 aromatic heterocycles. The molecule has 5 rings (SSSR count). The van der Waals surface area contributed by atoms with Crippen LogP contribution in [-0.2, 0) is 4.74 Å². The van der Waals surface area contributed by atoms with Gasteiger partial charge in [-0.15, -0.1) is 0 Å². The molecule has 2 bridgehead atoms. The van der Waals surface area contributed by atoms with E-state index in [0.29, 0.717) is 6.04 Å². The molecule has 0 aromatic carbocycles. The van der Waals surface area contributed by atoms with Crippen LogP contribution in [0.5, 0.6) is 0 Å². The lowest BCUT2D eigenvalue weighted by atomic mass is 9.95. The minimum atomic E-state index is 0.619. The molecular weight excluding hydrogens is 288 g/mol. The first-order valence-electron chi connectivity index (χ1n) is 9.08. The molecule has 3 saturated heterocycles. The molecule has 0 aromatic rings. The molecule has 5 heteroatoms. The fourth-order valence-corrected chi connectivity index (χ4v) is 4.74. The van der Waals surface area contributed by atoms with E-state index in [-0.39, 0.29) is 0 Å². The Kier molecular flexibility index (Phi) is 3.37. The van der Waals surface area contributed by atoms with E-state index < -0.39 is 0 Å². The van der Waals surface area contributed by atoms with Crippen LogP contribution in [0.3, 0.4) is 0 Å². The lowest BCUT2D eigenvalue weighted by Gasteiger charge is -2.37. The summed E-state index contributed by atoms with van der Waals surface area (Å²) in [5.74, 6) is 1.98. The van der Waals surface area contributed by atoms with Gasteiger partial charge in [0.05, 0.1) is 5.70 Å². The van der Waals surface area contributed by atoms with Gasteiger partial charge in [0.1, 0.15) is 12.4 Å². The maximum Gasteiger partial charge on any atom is 0.145 e. The predicted octanol–water partition coefficient (Wildman–Crippen LogP) is 0.941. The normalized spacial score (nSPS) is 36.2. The van der Waals surface area contributed by atoms with Gasteiger partial charge in [-0.3, -0.25) is 0 Å². The third-order valence-electron chi connectivity index (χ3n) is 5.99. The second kappa shape index (κ2) is 5.56. The Labute approximate surface area is 138 Å². The molecule has 5 aliphatic rings. The molecule has 0 aliphatic carbocycles. The molecular formula is C18H26N4O. The van der Waals surface area contributed by atoms with Crippen LogP contribution >= 0.6 is 0 Å². The minimum Gasteiger partial charge on any atom is -0.485 e. The van der Waals surface area contributed by atoms with Crippen molar-refractivity contribution in [2.75, 3.05) is 52.4 Å². The summed E-state index contributed by atoms with van der Waals surface area (Å²) in [6, 6.07) is 0.619. The molecule has 23 heavy (non-hydrogen) atoms. The second-order valence-corrected chi connectivity index (χ2v) is 7.45. The molecule has 3 fully saturated rings. The van der Waals surface area contributed by atoms with Crippen molar-refractivity contribution in [1.82, 2.24) is 20.0 Å². The zero-order valence-electron chi connectivity index (χ0n) is 13.7. The molecule has 3 atom stereocenters. The molecule has 124 valence electrons. The average molecular weight is 314 g/mol. The molecule has 0 amide bonds. The summed E-state index contributed by atoms with van der Waals surface area (Å²) in [5, 5.41) is 3.42. The Morgan fingerprint density at radius 3 is 2.91 bits per heavy atom. The Morgan fingerprint density at radius 2 is 2.04 bits per heavy atom. The first kappa shape index (κ1) is 13.9. The highest BCUT2D eigenvalue weighted by Crippen LogP contribution is 2.35. The van der Waals surface area contributed by atoms with Gasteiger partial charge in [-0.2, -0.15) is 0 Å². The van der Waals surface area contributed by atoms with Gasteiger partial charge in [-0.1, -0.05) is 0 Å². The third-order valence-corrected chi connectivity index (χ3v) is 5.99. The van der Waals surface area contributed by atoms with Crippen molar-refractivity contribution in [3.8, 4) is 0 Å². The van der Waals surface area contributed by atoms with Crippen LogP contribution in [0.2, 0.25) is 0 Å². The minimum absolute atomic E-state index is 0.619. The summed E-state index contributed by atoms with van der Waals surface area (Å²) in [6.45, 7) is 8.88. The quantitative estimate of drug-likeness (QED) is 0.820. The first-order valence-corrected chi connectivity index (χ1v) is 9.08. The van der Waals surface area contributed by atoms with Crippen molar-refractivity contribution >= 4 is 0 Å². The molecule has 5 aliphatic heterocycles. The topological polar surface area (TPSA) is 31.0 Å². The average Bonchev–Trinajstić information content (AvgIpc) is 3.18. The van der Waals surface area contributed by atoms with Gasteiger partial charge in [0.2, 0.25) is 0 Å². The fraction of sp³-hybridized carbons (Fsp3) is 0.667. The van der Waals surface area contributed by atoms with Gasteiger partial charge < -0.3 is 24.8 Å². The number of allylic oxidation sites excluding steroid dienone is 1. The lowest BCUT2D eigenvalue weighted by Crippen LogP contribution is -2.44. The van der Waals surface area contributed by atoms with Crippen LogP contribution in [0.25, 0.3) is 0 Å². The molecule has 1 unspecified atom stereocenters. The Balaban J connectivity index is 1.35. The zero-order chi connectivity index (χ0) is 15.2. The summed E-state index contributed by atoms with van der Waals surface area (Å²) in [7, 11) is 0.